The molecule has 1 N–H and O–H groups in total. The zero-order valence-corrected chi connectivity index (χ0v) is 21.4. The van der Waals surface area contributed by atoms with Gasteiger partial charge in [0, 0.05) is 12.8 Å². The molecule has 2 aromatic rings. The SMILES string of the molecule is CCCOc1c(I)cc(/C=N/NC(=O)CSc2nc(C)cc(COC)c2C#N)cc1OC. The van der Waals surface area contributed by atoms with Crippen molar-refractivity contribution >= 4 is 46.5 Å². The molecule has 1 amide bonds. The lowest BCUT2D eigenvalue weighted by atomic mass is 10.1. The molecule has 0 saturated carbocycles. The van der Waals surface area contributed by atoms with Crippen molar-refractivity contribution in [2.75, 3.05) is 26.6 Å². The van der Waals surface area contributed by atoms with Crippen molar-refractivity contribution in [1.29, 1.82) is 5.26 Å². The van der Waals surface area contributed by atoms with Crippen molar-refractivity contribution < 1.29 is 19.0 Å². The van der Waals surface area contributed by atoms with Crippen LogP contribution >= 0.6 is 34.4 Å². The first-order valence-electron chi connectivity index (χ1n) is 9.78. The van der Waals surface area contributed by atoms with Gasteiger partial charge in [0.05, 0.1) is 41.4 Å². The van der Waals surface area contributed by atoms with E-state index in [9.17, 15) is 10.1 Å². The van der Waals surface area contributed by atoms with Crippen LogP contribution in [0.3, 0.4) is 0 Å². The lowest BCUT2D eigenvalue weighted by Gasteiger charge is -2.12. The molecule has 0 radical (unpaired) electrons. The van der Waals surface area contributed by atoms with Crippen LogP contribution in [0, 0.1) is 21.8 Å². The van der Waals surface area contributed by atoms with Gasteiger partial charge < -0.3 is 14.2 Å². The van der Waals surface area contributed by atoms with Crippen molar-refractivity contribution in [1.82, 2.24) is 10.4 Å². The van der Waals surface area contributed by atoms with Gasteiger partial charge in [-0.2, -0.15) is 10.4 Å². The maximum absolute atomic E-state index is 12.2. The van der Waals surface area contributed by atoms with Gasteiger partial charge in [-0.05, 0) is 65.3 Å². The maximum atomic E-state index is 12.2. The average molecular weight is 568 g/mol. The Morgan fingerprint density at radius 2 is 2.16 bits per heavy atom. The number of thioether (sulfide) groups is 1. The molecule has 0 spiro atoms. The number of benzene rings is 1. The van der Waals surface area contributed by atoms with Crippen LogP contribution in [-0.4, -0.2) is 43.7 Å². The third-order valence-corrected chi connectivity index (χ3v) is 5.83. The third-order valence-electron chi connectivity index (χ3n) is 4.05. The number of hydrazone groups is 1. The van der Waals surface area contributed by atoms with E-state index in [0.29, 0.717) is 35.3 Å². The number of aryl methyl sites for hydroxylation is 1. The third kappa shape index (κ3) is 7.36. The summed E-state index contributed by atoms with van der Waals surface area (Å²) in [7, 11) is 3.15. The number of aromatic nitrogens is 1. The van der Waals surface area contributed by atoms with Crippen LogP contribution < -0.4 is 14.9 Å². The molecular weight excluding hydrogens is 543 g/mol. The Morgan fingerprint density at radius 3 is 2.81 bits per heavy atom. The molecule has 8 nitrogen and oxygen atoms in total. The summed E-state index contributed by atoms with van der Waals surface area (Å²) in [5.41, 5.74) is 5.19. The largest absolute Gasteiger partial charge is 0.493 e. The molecule has 0 bridgehead atoms. The smallest absolute Gasteiger partial charge is 0.250 e. The highest BCUT2D eigenvalue weighted by atomic mass is 127. The normalized spacial score (nSPS) is 10.8. The minimum Gasteiger partial charge on any atom is -0.493 e. The maximum Gasteiger partial charge on any atom is 0.250 e. The second-order valence-corrected chi connectivity index (χ2v) is 8.74. The summed E-state index contributed by atoms with van der Waals surface area (Å²) in [5.74, 6) is 1.06. The summed E-state index contributed by atoms with van der Waals surface area (Å²) >= 11 is 3.36. The van der Waals surface area contributed by atoms with Crippen LogP contribution in [0.25, 0.3) is 0 Å². The van der Waals surface area contributed by atoms with Gasteiger partial charge in [0.1, 0.15) is 11.1 Å². The highest BCUT2D eigenvalue weighted by Gasteiger charge is 2.14. The minimum absolute atomic E-state index is 0.0690. The number of methoxy groups -OCH3 is 2. The number of carbonyl (C=O) groups is 1. The standard InChI is InChI=1S/C22H25IN4O4S/c1-5-6-31-21-18(23)8-15(9-19(21)30-4)11-25-27-20(28)13-32-22-17(10-24)16(12-29-3)7-14(2)26-22/h7-9,11H,5-6,12-13H2,1-4H3,(H,27,28)/b25-11+. The molecule has 0 unspecified atom stereocenters. The Bertz CT molecular complexity index is 1020. The van der Waals surface area contributed by atoms with E-state index in [-0.39, 0.29) is 11.7 Å². The van der Waals surface area contributed by atoms with Gasteiger partial charge in [0.2, 0.25) is 5.91 Å². The molecule has 0 aliphatic heterocycles. The molecule has 10 heteroatoms. The number of rotatable bonds is 11. The minimum atomic E-state index is -0.309. The van der Waals surface area contributed by atoms with Crippen LogP contribution in [0.2, 0.25) is 0 Å². The Hall–Kier alpha value is -2.36. The summed E-state index contributed by atoms with van der Waals surface area (Å²) in [4.78, 5) is 16.6. The molecular formula is C22H25IN4O4S. The van der Waals surface area contributed by atoms with Gasteiger partial charge in [0.25, 0.3) is 0 Å². The van der Waals surface area contributed by atoms with E-state index in [1.165, 1.54) is 11.8 Å². The van der Waals surface area contributed by atoms with E-state index in [0.717, 1.165) is 26.8 Å². The van der Waals surface area contributed by atoms with Gasteiger partial charge in [-0.1, -0.05) is 18.7 Å². The highest BCUT2D eigenvalue weighted by Crippen LogP contribution is 2.33. The number of halogens is 1. The fraction of sp³-hybridized carbons (Fsp3) is 0.364. The number of hydrogen-bond acceptors (Lipinski definition) is 8. The summed E-state index contributed by atoms with van der Waals surface area (Å²) in [6.45, 7) is 4.78. The van der Waals surface area contributed by atoms with Crippen molar-refractivity contribution in [2.24, 2.45) is 5.10 Å². The molecule has 0 atom stereocenters. The van der Waals surface area contributed by atoms with E-state index in [1.807, 2.05) is 26.0 Å². The van der Waals surface area contributed by atoms with Crippen LogP contribution in [0.15, 0.2) is 28.3 Å². The van der Waals surface area contributed by atoms with Crippen LogP contribution in [0.4, 0.5) is 0 Å². The molecule has 32 heavy (non-hydrogen) atoms. The van der Waals surface area contributed by atoms with Gasteiger partial charge in [0.15, 0.2) is 11.5 Å². The number of carbonyl (C=O) groups excluding carboxylic acids is 1. The van der Waals surface area contributed by atoms with E-state index < -0.39 is 0 Å². The summed E-state index contributed by atoms with van der Waals surface area (Å²) in [5, 5.41) is 14.0. The average Bonchev–Trinajstić information content (AvgIpc) is 2.76. The topological polar surface area (TPSA) is 106 Å². The molecule has 0 fully saturated rings. The quantitative estimate of drug-likeness (QED) is 0.189. The Kier molecular flexibility index (Phi) is 10.7. The summed E-state index contributed by atoms with van der Waals surface area (Å²) in [6.07, 6.45) is 2.44. The molecule has 170 valence electrons. The second kappa shape index (κ2) is 13.2. The molecule has 1 aromatic carbocycles. The number of nitrogens with one attached hydrogen (secondary N) is 1. The molecule has 2 rings (SSSR count). The van der Waals surface area contributed by atoms with E-state index in [2.05, 4.69) is 44.2 Å². The first kappa shape index (κ1) is 25.9. The summed E-state index contributed by atoms with van der Waals surface area (Å²) in [6, 6.07) is 7.65. The predicted octanol–water partition coefficient (Wildman–Crippen LogP) is 4.05. The highest BCUT2D eigenvalue weighted by molar-refractivity contribution is 14.1. The lowest BCUT2D eigenvalue weighted by molar-refractivity contribution is -0.118. The number of pyridine rings is 1. The van der Waals surface area contributed by atoms with Crippen LogP contribution in [0.5, 0.6) is 11.5 Å². The van der Waals surface area contributed by atoms with Gasteiger partial charge in [-0.25, -0.2) is 10.4 Å². The number of nitrogens with zero attached hydrogens (tertiary/aromatic N) is 3. The Labute approximate surface area is 205 Å². The monoisotopic (exact) mass is 568 g/mol. The van der Waals surface area contributed by atoms with Crippen molar-refractivity contribution in [3.8, 4) is 17.6 Å². The summed E-state index contributed by atoms with van der Waals surface area (Å²) < 4.78 is 17.2. The predicted molar refractivity (Wildman–Crippen MR) is 132 cm³/mol. The molecule has 1 aromatic heterocycles. The van der Waals surface area contributed by atoms with Crippen molar-refractivity contribution in [3.05, 3.63) is 44.2 Å². The van der Waals surface area contributed by atoms with Gasteiger partial charge in [-0.3, -0.25) is 4.79 Å². The zero-order valence-electron chi connectivity index (χ0n) is 18.4. The van der Waals surface area contributed by atoms with Crippen LogP contribution in [0.1, 0.15) is 35.7 Å². The Morgan fingerprint density at radius 1 is 1.38 bits per heavy atom. The molecule has 0 saturated heterocycles. The second-order valence-electron chi connectivity index (χ2n) is 6.61. The molecule has 1 heterocycles. The zero-order chi connectivity index (χ0) is 23.5. The van der Waals surface area contributed by atoms with Gasteiger partial charge in [-0.15, -0.1) is 0 Å². The first-order valence-corrected chi connectivity index (χ1v) is 11.8. The van der Waals surface area contributed by atoms with Gasteiger partial charge >= 0.3 is 0 Å². The molecule has 0 aliphatic carbocycles. The number of amides is 1. The fourth-order valence-corrected chi connectivity index (χ4v) is 4.35. The number of hydrogen-bond donors (Lipinski definition) is 1. The fourth-order valence-electron chi connectivity index (χ4n) is 2.71. The van der Waals surface area contributed by atoms with Crippen molar-refractivity contribution in [2.45, 2.75) is 31.9 Å². The van der Waals surface area contributed by atoms with E-state index >= 15 is 0 Å². The van der Waals surface area contributed by atoms with Crippen molar-refractivity contribution in [3.63, 3.8) is 0 Å². The lowest BCUT2D eigenvalue weighted by Crippen LogP contribution is -2.20. The number of nitriles is 1. The van der Waals surface area contributed by atoms with Crippen LogP contribution in [-0.2, 0) is 16.1 Å². The Balaban J connectivity index is 2.02. The molecule has 0 aliphatic rings. The van der Waals surface area contributed by atoms with E-state index in [1.54, 1.807) is 26.5 Å². The first-order chi connectivity index (χ1) is 15.4. The number of ether oxygens (including phenoxy) is 3. The van der Waals surface area contributed by atoms with E-state index in [4.69, 9.17) is 14.2 Å².